The zero-order valence-electron chi connectivity index (χ0n) is 13.3. The van der Waals surface area contributed by atoms with Crippen molar-refractivity contribution < 1.29 is 33.7 Å². The van der Waals surface area contributed by atoms with E-state index in [-0.39, 0.29) is 11.4 Å². The molecule has 0 fully saturated rings. The maximum Gasteiger partial charge on any atom is 0.416 e. The fourth-order valence-corrected chi connectivity index (χ4v) is 3.20. The van der Waals surface area contributed by atoms with Crippen molar-refractivity contribution in [1.82, 2.24) is 0 Å². The molecular weight excluding hydrogens is 354 g/mol. The summed E-state index contributed by atoms with van der Waals surface area (Å²) in [6.07, 6.45) is -3.33. The smallest absolute Gasteiger partial charge is 0.416 e. The van der Waals surface area contributed by atoms with Gasteiger partial charge in [0.05, 0.1) is 5.56 Å². The lowest BCUT2D eigenvalue weighted by atomic mass is 10.0. The summed E-state index contributed by atoms with van der Waals surface area (Å²) >= 11 is 0. The second kappa shape index (κ2) is 6.19. The van der Waals surface area contributed by atoms with Gasteiger partial charge in [-0.05, 0) is 42.3 Å². The van der Waals surface area contributed by atoms with Gasteiger partial charge in [0.1, 0.15) is 17.1 Å². The van der Waals surface area contributed by atoms with Crippen LogP contribution in [0.15, 0.2) is 54.0 Å². The molecule has 138 valence electrons. The summed E-state index contributed by atoms with van der Waals surface area (Å²) in [6.45, 7) is 0. The monoisotopic (exact) mass is 369 g/mol. The van der Waals surface area contributed by atoms with Crippen LogP contribution in [0.2, 0.25) is 0 Å². The Morgan fingerprint density at radius 3 is 2.31 bits per heavy atom. The molecule has 2 aromatic rings. The molecule has 4 rings (SSSR count). The average molecular weight is 369 g/mol. The highest BCUT2D eigenvalue weighted by Crippen LogP contribution is 2.36. The highest BCUT2D eigenvalue weighted by atomic mass is 19.4. The van der Waals surface area contributed by atoms with Gasteiger partial charge < -0.3 is 10.6 Å². The van der Waals surface area contributed by atoms with E-state index in [1.807, 2.05) is 6.07 Å². The molecule has 0 atom stereocenters. The van der Waals surface area contributed by atoms with Gasteiger partial charge in [0.15, 0.2) is 5.82 Å². The SMILES string of the molecule is OC1=C2CCc3cccc(F)c3N2[NH2+]N1c1ccc(C(F)(F)F)cc1.[OH-]. The van der Waals surface area contributed by atoms with Crippen LogP contribution in [-0.4, -0.2) is 10.6 Å². The second-order valence-corrected chi connectivity index (χ2v) is 5.92. The predicted molar refractivity (Wildman–Crippen MR) is 84.6 cm³/mol. The minimum atomic E-state index is -4.42. The summed E-state index contributed by atoms with van der Waals surface area (Å²) < 4.78 is 52.3. The molecule has 0 unspecified atom stereocenters. The van der Waals surface area contributed by atoms with E-state index < -0.39 is 17.6 Å². The van der Waals surface area contributed by atoms with Crippen LogP contribution >= 0.6 is 0 Å². The number of para-hydroxylation sites is 1. The van der Waals surface area contributed by atoms with E-state index in [2.05, 4.69) is 0 Å². The van der Waals surface area contributed by atoms with Gasteiger partial charge in [0.2, 0.25) is 0 Å². The van der Waals surface area contributed by atoms with Crippen LogP contribution in [0.5, 0.6) is 0 Å². The molecule has 2 aliphatic heterocycles. The predicted octanol–water partition coefficient (Wildman–Crippen LogP) is 3.06. The number of halogens is 4. The number of aliphatic hydroxyl groups is 1. The number of hydrogen-bond acceptors (Lipinski definition) is 4. The quantitative estimate of drug-likeness (QED) is 0.599. The zero-order valence-corrected chi connectivity index (χ0v) is 13.3. The van der Waals surface area contributed by atoms with Gasteiger partial charge in [-0.2, -0.15) is 18.2 Å². The highest BCUT2D eigenvalue weighted by Gasteiger charge is 2.40. The summed E-state index contributed by atoms with van der Waals surface area (Å²) in [4.78, 5) is 0. The Kier molecular flexibility index (Phi) is 4.29. The number of nitrogens with zero attached hydrogens (tertiary/aromatic N) is 2. The molecule has 9 heteroatoms. The van der Waals surface area contributed by atoms with Crippen molar-refractivity contribution in [2.24, 2.45) is 0 Å². The molecule has 0 saturated carbocycles. The summed E-state index contributed by atoms with van der Waals surface area (Å²) in [6, 6.07) is 9.24. The van der Waals surface area contributed by atoms with E-state index in [4.69, 9.17) is 0 Å². The van der Waals surface area contributed by atoms with E-state index in [0.717, 1.165) is 17.7 Å². The first kappa shape index (κ1) is 18.0. The first-order chi connectivity index (χ1) is 11.9. The number of quaternary nitrogens is 1. The zero-order chi connectivity index (χ0) is 17.8. The third kappa shape index (κ3) is 2.74. The maximum atomic E-state index is 14.2. The molecule has 0 saturated heterocycles. The minimum Gasteiger partial charge on any atom is -0.870 e. The van der Waals surface area contributed by atoms with Crippen molar-refractivity contribution in [3.05, 3.63) is 71.0 Å². The van der Waals surface area contributed by atoms with E-state index in [0.29, 0.717) is 29.9 Å². The Balaban J connectivity index is 0.00000196. The van der Waals surface area contributed by atoms with Crippen molar-refractivity contribution in [1.29, 1.82) is 0 Å². The first-order valence-electron chi connectivity index (χ1n) is 7.66. The molecule has 0 amide bonds. The van der Waals surface area contributed by atoms with Gasteiger partial charge in [-0.1, -0.05) is 12.1 Å². The van der Waals surface area contributed by atoms with Crippen LogP contribution in [0, 0.1) is 5.82 Å². The molecule has 0 radical (unpaired) electrons. The third-order valence-electron chi connectivity index (χ3n) is 4.42. The number of alkyl halides is 3. The van der Waals surface area contributed by atoms with Crippen molar-refractivity contribution in [3.63, 3.8) is 0 Å². The fourth-order valence-electron chi connectivity index (χ4n) is 3.20. The van der Waals surface area contributed by atoms with Crippen LogP contribution in [0.25, 0.3) is 0 Å². The highest BCUT2D eigenvalue weighted by molar-refractivity contribution is 5.62. The van der Waals surface area contributed by atoms with Crippen molar-refractivity contribution in [2.45, 2.75) is 19.0 Å². The summed E-state index contributed by atoms with van der Waals surface area (Å²) in [7, 11) is 0. The number of anilines is 2. The lowest BCUT2D eigenvalue weighted by Crippen LogP contribution is -2.99. The first-order valence-corrected chi connectivity index (χ1v) is 7.66. The Morgan fingerprint density at radius 2 is 1.65 bits per heavy atom. The van der Waals surface area contributed by atoms with Gasteiger partial charge >= 0.3 is 6.18 Å². The van der Waals surface area contributed by atoms with Crippen LogP contribution in [-0.2, 0) is 12.6 Å². The van der Waals surface area contributed by atoms with Gasteiger partial charge in [0, 0.05) is 6.42 Å². The third-order valence-corrected chi connectivity index (χ3v) is 4.42. The number of hydrogen-bond donors (Lipinski definition) is 2. The number of aryl methyl sites for hydroxylation is 1. The summed E-state index contributed by atoms with van der Waals surface area (Å²) in [5, 5.41) is 13.4. The Labute approximate surface area is 146 Å². The second-order valence-electron chi connectivity index (χ2n) is 5.92. The Hall–Kier alpha value is -2.78. The molecule has 0 bridgehead atoms. The molecular formula is C17H15F4N3O2. The molecule has 2 aromatic carbocycles. The largest absolute Gasteiger partial charge is 0.870 e. The van der Waals surface area contributed by atoms with E-state index in [9.17, 15) is 22.7 Å². The van der Waals surface area contributed by atoms with Gasteiger partial charge in [0.25, 0.3) is 5.88 Å². The number of aliphatic hydroxyl groups excluding tert-OH is 1. The fraction of sp³-hybridized carbons (Fsp3) is 0.176. The van der Waals surface area contributed by atoms with Gasteiger partial charge in [-0.3, -0.25) is 0 Å². The Bertz CT molecular complexity index is 865. The normalized spacial score (nSPS) is 16.3. The van der Waals surface area contributed by atoms with E-state index >= 15 is 0 Å². The molecule has 2 aliphatic rings. The number of nitrogens with two attached hydrogens (primary N) is 1. The number of fused-ring (bicyclic) bond motifs is 3. The molecule has 0 aliphatic carbocycles. The average Bonchev–Trinajstić information content (AvgIpc) is 2.91. The molecule has 0 aromatic heterocycles. The molecule has 0 spiro atoms. The van der Waals surface area contributed by atoms with Crippen LogP contribution < -0.4 is 15.6 Å². The molecule has 5 nitrogen and oxygen atoms in total. The molecule has 26 heavy (non-hydrogen) atoms. The van der Waals surface area contributed by atoms with Gasteiger partial charge in [-0.25, -0.2) is 4.39 Å². The van der Waals surface area contributed by atoms with Gasteiger partial charge in [-0.15, -0.1) is 10.5 Å². The lowest BCUT2D eigenvalue weighted by Gasteiger charge is -2.25. The van der Waals surface area contributed by atoms with E-state index in [1.54, 1.807) is 11.1 Å². The van der Waals surface area contributed by atoms with Crippen LogP contribution in [0.1, 0.15) is 17.5 Å². The summed E-state index contributed by atoms with van der Waals surface area (Å²) in [5.41, 5.74) is 2.81. The minimum absolute atomic E-state index is 0. The van der Waals surface area contributed by atoms with E-state index in [1.165, 1.54) is 28.7 Å². The van der Waals surface area contributed by atoms with Crippen LogP contribution in [0.3, 0.4) is 0 Å². The number of benzene rings is 2. The van der Waals surface area contributed by atoms with Crippen molar-refractivity contribution in [2.75, 3.05) is 10.0 Å². The Morgan fingerprint density at radius 1 is 0.962 bits per heavy atom. The van der Waals surface area contributed by atoms with Crippen molar-refractivity contribution >= 4 is 11.4 Å². The molecule has 4 N–H and O–H groups in total. The van der Waals surface area contributed by atoms with Crippen molar-refractivity contribution in [3.8, 4) is 0 Å². The topological polar surface area (TPSA) is 73.3 Å². The summed E-state index contributed by atoms with van der Waals surface area (Å²) in [5.74, 6) is -0.512. The molecule has 2 heterocycles. The lowest BCUT2D eigenvalue weighted by molar-refractivity contribution is -0.662. The maximum absolute atomic E-state index is 14.2. The number of allylic oxidation sites excluding steroid dienone is 1. The van der Waals surface area contributed by atoms with Crippen LogP contribution in [0.4, 0.5) is 28.9 Å². The standard InChI is InChI=1S/C17H13F4N3O.H2O/c18-13-3-1-2-10-4-9-14-16(25)23(22-24(14)15(10)13)12-7-5-11(6-8-12)17(19,20)21;/h1-3,5-8,22,25H,4,9H2;1H2. The number of rotatable bonds is 1.